The molecule has 31 heavy (non-hydrogen) atoms. The van der Waals surface area contributed by atoms with Gasteiger partial charge in [0.05, 0.1) is 7.11 Å². The van der Waals surface area contributed by atoms with Gasteiger partial charge in [-0.05, 0) is 48.6 Å². The van der Waals surface area contributed by atoms with Gasteiger partial charge in [0.1, 0.15) is 11.5 Å². The van der Waals surface area contributed by atoms with Crippen molar-refractivity contribution in [1.82, 2.24) is 4.90 Å². The first-order chi connectivity index (χ1) is 14.7. The number of benzene rings is 2. The number of carbonyl (C=O) groups excluding carboxylic acids is 2. The SMILES string of the molecule is COc1ccccc1CCN1Cc2cc(NC(=O)CC(C)(C)C)ccc2OC(C)C1=O. The number of amides is 2. The molecule has 0 aliphatic carbocycles. The van der Waals surface area contributed by atoms with E-state index in [4.69, 9.17) is 9.47 Å². The summed E-state index contributed by atoms with van der Waals surface area (Å²) < 4.78 is 11.3. The summed E-state index contributed by atoms with van der Waals surface area (Å²) in [6.45, 7) is 8.84. The second kappa shape index (κ2) is 9.41. The second-order valence-corrected chi connectivity index (χ2v) is 9.19. The molecular formula is C25H32N2O4. The summed E-state index contributed by atoms with van der Waals surface area (Å²) in [6, 6.07) is 13.4. The maximum absolute atomic E-state index is 12.9. The van der Waals surface area contributed by atoms with Gasteiger partial charge in [-0.25, -0.2) is 0 Å². The van der Waals surface area contributed by atoms with Gasteiger partial charge in [0.2, 0.25) is 5.91 Å². The molecule has 6 nitrogen and oxygen atoms in total. The van der Waals surface area contributed by atoms with E-state index in [1.54, 1.807) is 14.0 Å². The van der Waals surface area contributed by atoms with Gasteiger partial charge < -0.3 is 19.7 Å². The lowest BCUT2D eigenvalue weighted by Crippen LogP contribution is -2.39. The zero-order chi connectivity index (χ0) is 22.6. The minimum Gasteiger partial charge on any atom is -0.496 e. The van der Waals surface area contributed by atoms with Crippen LogP contribution in [0, 0.1) is 5.41 Å². The first-order valence-electron chi connectivity index (χ1n) is 10.7. The molecule has 0 saturated carbocycles. The number of methoxy groups -OCH3 is 1. The predicted octanol–water partition coefficient (Wildman–Crippen LogP) is 4.42. The molecule has 0 bridgehead atoms. The van der Waals surface area contributed by atoms with Crippen molar-refractivity contribution in [2.24, 2.45) is 5.41 Å². The van der Waals surface area contributed by atoms with E-state index in [9.17, 15) is 9.59 Å². The third kappa shape index (κ3) is 6.00. The van der Waals surface area contributed by atoms with Crippen molar-refractivity contribution in [3.8, 4) is 11.5 Å². The topological polar surface area (TPSA) is 67.9 Å². The van der Waals surface area contributed by atoms with E-state index >= 15 is 0 Å². The number of hydrogen-bond donors (Lipinski definition) is 1. The highest BCUT2D eigenvalue weighted by atomic mass is 16.5. The minimum absolute atomic E-state index is 0.0283. The molecule has 2 aromatic rings. The minimum atomic E-state index is -0.569. The predicted molar refractivity (Wildman–Crippen MR) is 121 cm³/mol. The third-order valence-electron chi connectivity index (χ3n) is 5.20. The van der Waals surface area contributed by atoms with Gasteiger partial charge in [0.15, 0.2) is 6.10 Å². The molecule has 0 radical (unpaired) electrons. The molecule has 6 heteroatoms. The van der Waals surface area contributed by atoms with Crippen molar-refractivity contribution in [1.29, 1.82) is 0 Å². The largest absolute Gasteiger partial charge is 0.496 e. The molecule has 0 spiro atoms. The summed E-state index contributed by atoms with van der Waals surface area (Å²) in [5.74, 6) is 1.41. The highest BCUT2D eigenvalue weighted by molar-refractivity contribution is 5.91. The molecule has 1 N–H and O–H groups in total. The number of hydrogen-bond acceptors (Lipinski definition) is 4. The van der Waals surface area contributed by atoms with Crippen LogP contribution in [0.3, 0.4) is 0 Å². The Labute approximate surface area is 184 Å². The number of ether oxygens (including phenoxy) is 2. The smallest absolute Gasteiger partial charge is 0.263 e. The van der Waals surface area contributed by atoms with Crippen LogP contribution in [0.25, 0.3) is 0 Å². The van der Waals surface area contributed by atoms with Crippen LogP contribution >= 0.6 is 0 Å². The summed E-state index contributed by atoms with van der Waals surface area (Å²) in [5.41, 5.74) is 2.56. The van der Waals surface area contributed by atoms with Crippen molar-refractivity contribution in [2.45, 2.75) is 53.2 Å². The maximum atomic E-state index is 12.9. The Kier molecular flexibility index (Phi) is 6.88. The summed E-state index contributed by atoms with van der Waals surface area (Å²) in [5, 5.41) is 2.96. The number of rotatable bonds is 6. The van der Waals surface area contributed by atoms with E-state index in [0.29, 0.717) is 37.4 Å². The summed E-state index contributed by atoms with van der Waals surface area (Å²) in [6.07, 6.45) is 0.543. The number of anilines is 1. The fourth-order valence-corrected chi connectivity index (χ4v) is 3.72. The molecule has 0 saturated heterocycles. The van der Waals surface area contributed by atoms with Gasteiger partial charge in [-0.3, -0.25) is 9.59 Å². The molecule has 0 fully saturated rings. The van der Waals surface area contributed by atoms with Gasteiger partial charge in [-0.1, -0.05) is 39.0 Å². The van der Waals surface area contributed by atoms with E-state index in [2.05, 4.69) is 5.32 Å². The molecule has 166 valence electrons. The van der Waals surface area contributed by atoms with Crippen molar-refractivity contribution < 1.29 is 19.1 Å². The van der Waals surface area contributed by atoms with Gasteiger partial charge in [-0.2, -0.15) is 0 Å². The summed E-state index contributed by atoms with van der Waals surface area (Å²) >= 11 is 0. The zero-order valence-corrected chi connectivity index (χ0v) is 19.0. The highest BCUT2D eigenvalue weighted by Crippen LogP contribution is 2.30. The van der Waals surface area contributed by atoms with Crippen LogP contribution in [0.5, 0.6) is 11.5 Å². The molecule has 0 aromatic heterocycles. The third-order valence-corrected chi connectivity index (χ3v) is 5.20. The van der Waals surface area contributed by atoms with Crippen LogP contribution < -0.4 is 14.8 Å². The molecule has 2 aromatic carbocycles. The Balaban J connectivity index is 1.76. The molecular weight excluding hydrogens is 392 g/mol. The fourth-order valence-electron chi connectivity index (χ4n) is 3.72. The Morgan fingerprint density at radius 2 is 1.97 bits per heavy atom. The molecule has 2 amide bonds. The van der Waals surface area contributed by atoms with Crippen LogP contribution in [0.2, 0.25) is 0 Å². The Hall–Kier alpha value is -3.02. The van der Waals surface area contributed by atoms with E-state index in [0.717, 1.165) is 16.9 Å². The van der Waals surface area contributed by atoms with Crippen LogP contribution in [-0.4, -0.2) is 36.5 Å². The summed E-state index contributed by atoms with van der Waals surface area (Å²) in [7, 11) is 1.65. The zero-order valence-electron chi connectivity index (χ0n) is 19.0. The van der Waals surface area contributed by atoms with Gasteiger partial charge >= 0.3 is 0 Å². The summed E-state index contributed by atoms with van der Waals surface area (Å²) in [4.78, 5) is 27.1. The monoisotopic (exact) mass is 424 g/mol. The normalized spacial score (nSPS) is 16.2. The standard InChI is InChI=1S/C25H32N2O4/c1-17-24(29)27(13-12-18-8-6-7-9-21(18)30-5)16-19-14-20(10-11-22(19)31-17)26-23(28)15-25(2,3)4/h6-11,14,17H,12-13,15-16H2,1-5H3,(H,26,28). The highest BCUT2D eigenvalue weighted by Gasteiger charge is 2.28. The number of carbonyl (C=O) groups is 2. The van der Waals surface area contributed by atoms with Crippen LogP contribution in [0.15, 0.2) is 42.5 Å². The molecule has 1 aliphatic heterocycles. The quantitative estimate of drug-likeness (QED) is 0.745. The van der Waals surface area contributed by atoms with Gasteiger partial charge in [-0.15, -0.1) is 0 Å². The van der Waals surface area contributed by atoms with Gasteiger partial charge in [0.25, 0.3) is 5.91 Å². The number of para-hydroxylation sites is 1. The van der Waals surface area contributed by atoms with E-state index in [1.807, 2.05) is 68.1 Å². The number of nitrogens with one attached hydrogen (secondary N) is 1. The Morgan fingerprint density at radius 3 is 2.68 bits per heavy atom. The van der Waals surface area contributed by atoms with Crippen LogP contribution in [-0.2, 0) is 22.6 Å². The lowest BCUT2D eigenvalue weighted by Gasteiger charge is -2.22. The van der Waals surface area contributed by atoms with Crippen molar-refractivity contribution in [3.05, 3.63) is 53.6 Å². The van der Waals surface area contributed by atoms with E-state index in [-0.39, 0.29) is 17.2 Å². The van der Waals surface area contributed by atoms with Gasteiger partial charge in [0, 0.05) is 30.8 Å². The molecule has 3 rings (SSSR count). The first kappa shape index (κ1) is 22.7. The average molecular weight is 425 g/mol. The average Bonchev–Trinajstić information content (AvgIpc) is 2.81. The lowest BCUT2D eigenvalue weighted by atomic mass is 9.92. The van der Waals surface area contributed by atoms with Crippen LogP contribution in [0.4, 0.5) is 5.69 Å². The molecule has 1 unspecified atom stereocenters. The Bertz CT molecular complexity index is 949. The van der Waals surface area contributed by atoms with E-state index < -0.39 is 6.10 Å². The van der Waals surface area contributed by atoms with Crippen LogP contribution in [0.1, 0.15) is 45.2 Å². The van der Waals surface area contributed by atoms with Crippen molar-refractivity contribution in [2.75, 3.05) is 19.0 Å². The lowest BCUT2D eigenvalue weighted by molar-refractivity contribution is -0.137. The number of nitrogens with zero attached hydrogens (tertiary/aromatic N) is 1. The Morgan fingerprint density at radius 1 is 1.23 bits per heavy atom. The number of fused-ring (bicyclic) bond motifs is 1. The van der Waals surface area contributed by atoms with E-state index in [1.165, 1.54) is 0 Å². The fraction of sp³-hybridized carbons (Fsp3) is 0.440. The molecule has 1 heterocycles. The first-order valence-corrected chi connectivity index (χ1v) is 10.7. The van der Waals surface area contributed by atoms with Crippen molar-refractivity contribution >= 4 is 17.5 Å². The molecule has 1 aliphatic rings. The van der Waals surface area contributed by atoms with Crippen molar-refractivity contribution in [3.63, 3.8) is 0 Å². The molecule has 1 atom stereocenters. The maximum Gasteiger partial charge on any atom is 0.263 e. The second-order valence-electron chi connectivity index (χ2n) is 9.19.